The molecule has 0 aromatic carbocycles. The number of nitrogens with zero attached hydrogens (tertiary/aromatic N) is 2. The van der Waals surface area contributed by atoms with Gasteiger partial charge in [0.25, 0.3) is 0 Å². The minimum absolute atomic E-state index is 0.278. The maximum absolute atomic E-state index is 11.5. The van der Waals surface area contributed by atoms with E-state index in [1.165, 1.54) is 6.42 Å². The van der Waals surface area contributed by atoms with Gasteiger partial charge in [-0.05, 0) is 12.8 Å². The number of nitrogens with two attached hydrogens (primary N) is 1. The van der Waals surface area contributed by atoms with E-state index in [0.29, 0.717) is 6.54 Å². The molecule has 4 nitrogen and oxygen atoms in total. The average Bonchev–Trinajstić information content (AvgIpc) is 2.31. The second-order valence-corrected chi connectivity index (χ2v) is 4.02. The van der Waals surface area contributed by atoms with Crippen LogP contribution < -0.4 is 5.73 Å². The van der Waals surface area contributed by atoms with Crippen LogP contribution in [0, 0.1) is 0 Å². The van der Waals surface area contributed by atoms with Gasteiger partial charge in [0.1, 0.15) is 0 Å². The molecule has 0 saturated carbocycles. The van der Waals surface area contributed by atoms with Crippen LogP contribution in [0.15, 0.2) is 0 Å². The number of hydrogen-bond donors (Lipinski definition) is 1. The summed E-state index contributed by atoms with van der Waals surface area (Å²) in [5.74, 6) is 0.278. The number of carbonyl (C=O) groups is 1. The molecule has 2 saturated heterocycles. The summed E-state index contributed by atoms with van der Waals surface area (Å²) in [5.41, 5.74) is 5.76. The van der Waals surface area contributed by atoms with Gasteiger partial charge in [-0.15, -0.1) is 0 Å². The van der Waals surface area contributed by atoms with Gasteiger partial charge in [0, 0.05) is 32.2 Å². The lowest BCUT2D eigenvalue weighted by Crippen LogP contribution is -2.47. The third-order valence-electron chi connectivity index (χ3n) is 2.88. The quantitative estimate of drug-likeness (QED) is 0.613. The van der Waals surface area contributed by atoms with Crippen LogP contribution in [0.3, 0.4) is 0 Å². The summed E-state index contributed by atoms with van der Waals surface area (Å²) in [5, 5.41) is 0. The Hall–Kier alpha value is -0.610. The van der Waals surface area contributed by atoms with E-state index in [1.807, 2.05) is 4.90 Å². The molecular weight excluding hydrogens is 166 g/mol. The molecule has 1 unspecified atom stereocenters. The molecule has 0 spiro atoms. The maximum Gasteiger partial charge on any atom is 0.236 e. The first-order chi connectivity index (χ1) is 6.25. The number of amides is 1. The molecule has 1 amide bonds. The Labute approximate surface area is 78.7 Å². The largest absolute Gasteiger partial charge is 0.341 e. The van der Waals surface area contributed by atoms with Gasteiger partial charge >= 0.3 is 0 Å². The van der Waals surface area contributed by atoms with Crippen molar-refractivity contribution in [1.29, 1.82) is 0 Å². The smallest absolute Gasteiger partial charge is 0.236 e. The molecule has 2 fully saturated rings. The summed E-state index contributed by atoms with van der Waals surface area (Å²) in [7, 11) is 0. The SMILES string of the molecule is NC1CCN(CC(=O)N2CCC2)C1. The molecule has 2 heterocycles. The third kappa shape index (κ3) is 2.00. The lowest BCUT2D eigenvalue weighted by Gasteiger charge is -2.32. The molecule has 2 N–H and O–H groups in total. The standard InChI is InChI=1S/C9H17N3O/c10-8-2-5-11(6-8)7-9(13)12-3-1-4-12/h8H,1-7,10H2. The topological polar surface area (TPSA) is 49.6 Å². The van der Waals surface area contributed by atoms with Gasteiger partial charge < -0.3 is 10.6 Å². The van der Waals surface area contributed by atoms with Crippen molar-refractivity contribution in [3.05, 3.63) is 0 Å². The first kappa shape index (κ1) is 8.97. The second-order valence-electron chi connectivity index (χ2n) is 4.02. The molecule has 0 aromatic rings. The van der Waals surface area contributed by atoms with Gasteiger partial charge in [-0.3, -0.25) is 9.69 Å². The Morgan fingerprint density at radius 3 is 2.62 bits per heavy atom. The van der Waals surface area contributed by atoms with Gasteiger partial charge in [0.15, 0.2) is 0 Å². The molecule has 0 bridgehead atoms. The van der Waals surface area contributed by atoms with Crippen LogP contribution in [0.25, 0.3) is 0 Å². The number of hydrogen-bond acceptors (Lipinski definition) is 3. The van der Waals surface area contributed by atoms with Crippen LogP contribution in [0.1, 0.15) is 12.8 Å². The highest BCUT2D eigenvalue weighted by Crippen LogP contribution is 2.10. The van der Waals surface area contributed by atoms with Gasteiger partial charge in [-0.25, -0.2) is 0 Å². The van der Waals surface area contributed by atoms with E-state index in [0.717, 1.165) is 32.6 Å². The Morgan fingerprint density at radius 1 is 1.38 bits per heavy atom. The zero-order valence-corrected chi connectivity index (χ0v) is 7.91. The molecule has 13 heavy (non-hydrogen) atoms. The van der Waals surface area contributed by atoms with Crippen molar-refractivity contribution < 1.29 is 4.79 Å². The summed E-state index contributed by atoms with van der Waals surface area (Å²) in [6, 6.07) is 0.282. The van der Waals surface area contributed by atoms with Crippen molar-refractivity contribution in [1.82, 2.24) is 9.80 Å². The van der Waals surface area contributed by atoms with Crippen LogP contribution >= 0.6 is 0 Å². The van der Waals surface area contributed by atoms with Crippen LogP contribution in [-0.2, 0) is 4.79 Å². The zero-order valence-electron chi connectivity index (χ0n) is 7.91. The fraction of sp³-hybridized carbons (Fsp3) is 0.889. The molecule has 2 aliphatic rings. The third-order valence-corrected chi connectivity index (χ3v) is 2.88. The van der Waals surface area contributed by atoms with Gasteiger partial charge in [0.05, 0.1) is 6.54 Å². The molecule has 2 aliphatic heterocycles. The number of rotatable bonds is 2. The van der Waals surface area contributed by atoms with Gasteiger partial charge in [-0.1, -0.05) is 0 Å². The van der Waals surface area contributed by atoms with E-state index >= 15 is 0 Å². The minimum Gasteiger partial charge on any atom is -0.341 e. The molecule has 0 aromatic heterocycles. The highest BCUT2D eigenvalue weighted by Gasteiger charge is 2.25. The van der Waals surface area contributed by atoms with E-state index < -0.39 is 0 Å². The fourth-order valence-electron chi connectivity index (χ4n) is 1.86. The van der Waals surface area contributed by atoms with Crippen LogP contribution in [-0.4, -0.2) is 54.5 Å². The predicted molar refractivity (Wildman–Crippen MR) is 50.2 cm³/mol. The Balaban J connectivity index is 1.74. The Bertz CT molecular complexity index is 203. The maximum atomic E-state index is 11.5. The van der Waals surface area contributed by atoms with Crippen molar-refractivity contribution >= 4 is 5.91 Å². The van der Waals surface area contributed by atoms with Crippen LogP contribution in [0.2, 0.25) is 0 Å². The first-order valence-electron chi connectivity index (χ1n) is 5.01. The number of carbonyl (C=O) groups excluding carboxylic acids is 1. The molecule has 0 aliphatic carbocycles. The summed E-state index contributed by atoms with van der Waals surface area (Å²) in [6.07, 6.45) is 2.21. The van der Waals surface area contributed by atoms with Crippen molar-refractivity contribution in [2.45, 2.75) is 18.9 Å². The molecule has 0 radical (unpaired) electrons. The summed E-state index contributed by atoms with van der Waals surface area (Å²) in [6.45, 7) is 4.37. The summed E-state index contributed by atoms with van der Waals surface area (Å²) in [4.78, 5) is 15.6. The average molecular weight is 183 g/mol. The van der Waals surface area contributed by atoms with Crippen molar-refractivity contribution in [2.75, 3.05) is 32.7 Å². The number of likely N-dealkylation sites (tertiary alicyclic amines) is 2. The monoisotopic (exact) mass is 183 g/mol. The second kappa shape index (κ2) is 3.64. The lowest BCUT2D eigenvalue weighted by atomic mass is 10.2. The predicted octanol–water partition coefficient (Wildman–Crippen LogP) is -0.748. The van der Waals surface area contributed by atoms with Crippen molar-refractivity contribution in [2.24, 2.45) is 5.73 Å². The Morgan fingerprint density at radius 2 is 2.15 bits per heavy atom. The summed E-state index contributed by atoms with van der Waals surface area (Å²) < 4.78 is 0. The van der Waals surface area contributed by atoms with E-state index in [-0.39, 0.29) is 11.9 Å². The van der Waals surface area contributed by atoms with Crippen molar-refractivity contribution in [3.8, 4) is 0 Å². The summed E-state index contributed by atoms with van der Waals surface area (Å²) >= 11 is 0. The van der Waals surface area contributed by atoms with Gasteiger partial charge in [0.2, 0.25) is 5.91 Å². The van der Waals surface area contributed by atoms with Crippen molar-refractivity contribution in [3.63, 3.8) is 0 Å². The van der Waals surface area contributed by atoms with E-state index in [4.69, 9.17) is 5.73 Å². The fourth-order valence-corrected chi connectivity index (χ4v) is 1.86. The first-order valence-corrected chi connectivity index (χ1v) is 5.01. The zero-order chi connectivity index (χ0) is 9.26. The molecule has 2 rings (SSSR count). The minimum atomic E-state index is 0.278. The molecular formula is C9H17N3O. The van der Waals surface area contributed by atoms with E-state index in [1.54, 1.807) is 0 Å². The van der Waals surface area contributed by atoms with E-state index in [2.05, 4.69) is 4.90 Å². The molecule has 4 heteroatoms. The highest BCUT2D eigenvalue weighted by molar-refractivity contribution is 5.78. The highest BCUT2D eigenvalue weighted by atomic mass is 16.2. The van der Waals surface area contributed by atoms with Crippen LogP contribution in [0.4, 0.5) is 0 Å². The van der Waals surface area contributed by atoms with E-state index in [9.17, 15) is 4.79 Å². The molecule has 74 valence electrons. The molecule has 1 atom stereocenters. The van der Waals surface area contributed by atoms with Gasteiger partial charge in [-0.2, -0.15) is 0 Å². The Kier molecular flexibility index (Phi) is 2.51. The lowest BCUT2D eigenvalue weighted by molar-refractivity contribution is -0.135. The van der Waals surface area contributed by atoms with Crippen LogP contribution in [0.5, 0.6) is 0 Å². The normalized spacial score (nSPS) is 29.0.